The predicted octanol–water partition coefficient (Wildman–Crippen LogP) is 2.88. The first kappa shape index (κ1) is 17.2. The summed E-state index contributed by atoms with van der Waals surface area (Å²) in [7, 11) is 0. The number of hydrogen-bond acceptors (Lipinski definition) is 4. The van der Waals surface area contributed by atoms with E-state index >= 15 is 0 Å². The third-order valence-corrected chi connectivity index (χ3v) is 5.62. The molecule has 1 aromatic carbocycles. The number of carboxylic acid groups (broad SMARTS) is 1. The highest BCUT2D eigenvalue weighted by Gasteiger charge is 2.34. The summed E-state index contributed by atoms with van der Waals surface area (Å²) in [6, 6.07) is 12.1. The Kier molecular flexibility index (Phi) is 5.00. The van der Waals surface area contributed by atoms with E-state index in [-0.39, 0.29) is 0 Å². The van der Waals surface area contributed by atoms with Crippen LogP contribution in [-0.4, -0.2) is 51.5 Å². The van der Waals surface area contributed by atoms with E-state index in [9.17, 15) is 4.79 Å². The minimum Gasteiger partial charge on any atom is -0.478 e. The Hall–Kier alpha value is -2.24. The fourth-order valence-corrected chi connectivity index (χ4v) is 4.34. The van der Waals surface area contributed by atoms with Crippen LogP contribution in [0.15, 0.2) is 48.8 Å². The molecule has 0 amide bonds. The molecule has 136 valence electrons. The summed E-state index contributed by atoms with van der Waals surface area (Å²) in [4.78, 5) is 20.4. The van der Waals surface area contributed by atoms with Gasteiger partial charge in [0.1, 0.15) is 0 Å². The average molecular weight is 351 g/mol. The molecule has 2 atom stereocenters. The second-order valence-corrected chi connectivity index (χ2v) is 7.58. The Bertz CT molecular complexity index is 748. The number of aromatic nitrogens is 1. The maximum absolute atomic E-state index is 11.0. The normalized spacial score (nSPS) is 23.7. The van der Waals surface area contributed by atoms with E-state index in [0.29, 0.717) is 17.5 Å². The highest BCUT2D eigenvalue weighted by atomic mass is 16.4. The van der Waals surface area contributed by atoms with E-state index in [2.05, 4.69) is 20.9 Å². The molecule has 4 heterocycles. The van der Waals surface area contributed by atoms with E-state index in [4.69, 9.17) is 5.11 Å². The Labute approximate surface area is 154 Å². The lowest BCUT2D eigenvalue weighted by Gasteiger charge is -2.36. The molecule has 5 rings (SSSR count). The van der Waals surface area contributed by atoms with Gasteiger partial charge in [-0.25, -0.2) is 4.79 Å². The summed E-state index contributed by atoms with van der Waals surface area (Å²) in [5, 5.41) is 9.05. The van der Waals surface area contributed by atoms with Gasteiger partial charge in [0.25, 0.3) is 0 Å². The van der Waals surface area contributed by atoms with Gasteiger partial charge in [0.2, 0.25) is 0 Å². The zero-order valence-electron chi connectivity index (χ0n) is 14.9. The van der Waals surface area contributed by atoms with Crippen molar-refractivity contribution < 1.29 is 9.90 Å². The first-order valence-electron chi connectivity index (χ1n) is 9.35. The SMILES string of the molecule is O=C(O)c1ccc(CN2C[C@H]3CC[C@@H]2CN(Cc2cccnc2)C3)cc1. The Morgan fingerprint density at radius 2 is 1.88 bits per heavy atom. The molecule has 3 saturated heterocycles. The van der Waals surface area contributed by atoms with E-state index in [1.807, 2.05) is 30.6 Å². The molecule has 3 fully saturated rings. The maximum Gasteiger partial charge on any atom is 0.335 e. The van der Waals surface area contributed by atoms with Crippen molar-refractivity contribution >= 4 is 5.97 Å². The Balaban J connectivity index is 1.42. The van der Waals surface area contributed by atoms with Crippen molar-refractivity contribution in [2.45, 2.75) is 32.0 Å². The first-order valence-corrected chi connectivity index (χ1v) is 9.35. The van der Waals surface area contributed by atoms with E-state index in [1.54, 1.807) is 12.1 Å². The maximum atomic E-state index is 11.0. The van der Waals surface area contributed by atoms with Crippen LogP contribution in [0.2, 0.25) is 0 Å². The number of carbonyl (C=O) groups is 1. The van der Waals surface area contributed by atoms with Gasteiger partial charge in [-0.2, -0.15) is 0 Å². The van der Waals surface area contributed by atoms with Crippen LogP contribution in [-0.2, 0) is 13.1 Å². The van der Waals surface area contributed by atoms with Gasteiger partial charge >= 0.3 is 5.97 Å². The van der Waals surface area contributed by atoms with Crippen molar-refractivity contribution in [2.75, 3.05) is 19.6 Å². The number of pyridine rings is 1. The lowest BCUT2D eigenvalue weighted by Crippen LogP contribution is -2.43. The molecular weight excluding hydrogens is 326 g/mol. The van der Waals surface area contributed by atoms with Gasteiger partial charge in [0.05, 0.1) is 5.56 Å². The van der Waals surface area contributed by atoms with Gasteiger partial charge in [0.15, 0.2) is 0 Å². The standard InChI is InChI=1S/C21H25N3O2/c25-21(26)19-6-3-16(4-7-19)13-24-14-18-5-8-20(24)15-23(12-18)11-17-2-1-9-22-10-17/h1-4,6-7,9-10,18,20H,5,8,11-15H2,(H,25,26)/t18-,20+/m0/s1. The summed E-state index contributed by atoms with van der Waals surface area (Å²) in [6.45, 7) is 5.26. The molecule has 0 unspecified atom stereocenters. The van der Waals surface area contributed by atoms with Crippen molar-refractivity contribution in [1.82, 2.24) is 14.8 Å². The number of carboxylic acids is 1. The lowest BCUT2D eigenvalue weighted by atomic mass is 9.94. The molecular formula is C21H25N3O2. The van der Waals surface area contributed by atoms with Gasteiger partial charge in [-0.3, -0.25) is 14.8 Å². The van der Waals surface area contributed by atoms with Gasteiger partial charge in [-0.05, 0) is 48.1 Å². The molecule has 3 aliphatic heterocycles. The third-order valence-electron chi connectivity index (χ3n) is 5.62. The number of benzene rings is 1. The van der Waals surface area contributed by atoms with Crippen LogP contribution < -0.4 is 0 Å². The quantitative estimate of drug-likeness (QED) is 0.898. The predicted molar refractivity (Wildman–Crippen MR) is 99.8 cm³/mol. The van der Waals surface area contributed by atoms with Crippen LogP contribution in [0.3, 0.4) is 0 Å². The van der Waals surface area contributed by atoms with E-state index < -0.39 is 5.97 Å². The van der Waals surface area contributed by atoms with Crippen LogP contribution in [0.1, 0.15) is 34.3 Å². The van der Waals surface area contributed by atoms with E-state index in [0.717, 1.165) is 32.7 Å². The highest BCUT2D eigenvalue weighted by Crippen LogP contribution is 2.30. The molecule has 0 aliphatic carbocycles. The highest BCUT2D eigenvalue weighted by molar-refractivity contribution is 5.87. The zero-order chi connectivity index (χ0) is 17.9. The summed E-state index contributed by atoms with van der Waals surface area (Å²) in [5.41, 5.74) is 2.83. The van der Waals surface area contributed by atoms with Gasteiger partial charge in [-0.15, -0.1) is 0 Å². The largest absolute Gasteiger partial charge is 0.478 e. The Morgan fingerprint density at radius 1 is 1.04 bits per heavy atom. The van der Waals surface area contributed by atoms with Crippen LogP contribution >= 0.6 is 0 Å². The first-order chi connectivity index (χ1) is 12.7. The monoisotopic (exact) mass is 351 g/mol. The zero-order valence-corrected chi connectivity index (χ0v) is 14.9. The van der Waals surface area contributed by atoms with Crippen LogP contribution in [0.25, 0.3) is 0 Å². The van der Waals surface area contributed by atoms with Crippen LogP contribution in [0.4, 0.5) is 0 Å². The summed E-state index contributed by atoms with van der Waals surface area (Å²) < 4.78 is 0. The molecule has 2 bridgehead atoms. The van der Waals surface area contributed by atoms with Crippen molar-refractivity contribution in [2.24, 2.45) is 5.92 Å². The summed E-state index contributed by atoms with van der Waals surface area (Å²) in [5.74, 6) is -0.153. The number of nitrogens with zero attached hydrogens (tertiary/aromatic N) is 3. The molecule has 2 aromatic rings. The fourth-order valence-electron chi connectivity index (χ4n) is 4.34. The number of piperidine rings is 1. The van der Waals surface area contributed by atoms with Gasteiger partial charge in [0, 0.05) is 51.2 Å². The van der Waals surface area contributed by atoms with Crippen molar-refractivity contribution in [1.29, 1.82) is 0 Å². The van der Waals surface area contributed by atoms with Crippen molar-refractivity contribution in [3.8, 4) is 0 Å². The third kappa shape index (κ3) is 3.94. The molecule has 0 saturated carbocycles. The number of rotatable bonds is 5. The fraction of sp³-hybridized carbons (Fsp3) is 0.429. The molecule has 26 heavy (non-hydrogen) atoms. The molecule has 0 radical (unpaired) electrons. The van der Waals surface area contributed by atoms with Crippen LogP contribution in [0.5, 0.6) is 0 Å². The van der Waals surface area contributed by atoms with Crippen molar-refractivity contribution in [3.05, 3.63) is 65.5 Å². The van der Waals surface area contributed by atoms with Gasteiger partial charge in [-0.1, -0.05) is 18.2 Å². The van der Waals surface area contributed by atoms with Gasteiger partial charge < -0.3 is 5.11 Å². The molecule has 5 heteroatoms. The smallest absolute Gasteiger partial charge is 0.335 e. The lowest BCUT2D eigenvalue weighted by molar-refractivity contribution is 0.0697. The molecule has 3 aliphatic rings. The number of fused-ring (bicyclic) bond motifs is 4. The average Bonchev–Trinajstić information content (AvgIpc) is 2.93. The molecule has 5 nitrogen and oxygen atoms in total. The molecule has 1 N–H and O–H groups in total. The summed E-state index contributed by atoms with van der Waals surface area (Å²) >= 11 is 0. The molecule has 1 aromatic heterocycles. The second kappa shape index (κ2) is 7.56. The summed E-state index contributed by atoms with van der Waals surface area (Å²) in [6.07, 6.45) is 6.35. The molecule has 0 spiro atoms. The minimum absolute atomic E-state index is 0.355. The minimum atomic E-state index is -0.864. The number of aromatic carboxylic acids is 1. The second-order valence-electron chi connectivity index (χ2n) is 7.58. The Morgan fingerprint density at radius 3 is 2.62 bits per heavy atom. The van der Waals surface area contributed by atoms with E-state index in [1.165, 1.54) is 24.0 Å². The van der Waals surface area contributed by atoms with Crippen LogP contribution in [0, 0.1) is 5.92 Å². The number of hydrogen-bond donors (Lipinski definition) is 1. The topological polar surface area (TPSA) is 56.7 Å². The van der Waals surface area contributed by atoms with Crippen molar-refractivity contribution in [3.63, 3.8) is 0 Å².